The van der Waals surface area contributed by atoms with Crippen LogP contribution in [0.15, 0.2) is 122 Å². The molecule has 0 saturated carbocycles. The molecule has 0 bridgehead atoms. The molecule has 0 unspecified atom stereocenters. The molecule has 0 aliphatic rings. The van der Waals surface area contributed by atoms with Gasteiger partial charge in [-0.05, 0) is 116 Å². The summed E-state index contributed by atoms with van der Waals surface area (Å²) < 4.78 is 0. The number of anilines is 3. The van der Waals surface area contributed by atoms with E-state index in [4.69, 9.17) is 4.98 Å². The second kappa shape index (κ2) is 12.3. The van der Waals surface area contributed by atoms with Crippen LogP contribution >= 0.6 is 0 Å². The summed E-state index contributed by atoms with van der Waals surface area (Å²) in [5, 5.41) is 0. The summed E-state index contributed by atoms with van der Waals surface area (Å²) in [6, 6.07) is 37.4. The predicted octanol–water partition coefficient (Wildman–Crippen LogP) is 10.6. The Morgan fingerprint density at radius 2 is 1.00 bits per heavy atom. The van der Waals surface area contributed by atoms with Gasteiger partial charge >= 0.3 is 0 Å². The van der Waals surface area contributed by atoms with Crippen molar-refractivity contribution in [3.8, 4) is 11.1 Å². The van der Waals surface area contributed by atoms with Crippen LogP contribution in [0.1, 0.15) is 56.0 Å². The van der Waals surface area contributed by atoms with Gasteiger partial charge in [-0.2, -0.15) is 0 Å². The summed E-state index contributed by atoms with van der Waals surface area (Å²) in [4.78, 5) is 11.3. The highest BCUT2D eigenvalue weighted by molar-refractivity contribution is 5.76. The van der Waals surface area contributed by atoms with E-state index in [1.807, 2.05) is 12.3 Å². The second-order valence-electron chi connectivity index (χ2n) is 12.0. The molecule has 1 aromatic heterocycles. The first-order valence-electron chi connectivity index (χ1n) is 15.3. The summed E-state index contributed by atoms with van der Waals surface area (Å²) >= 11 is 0. The Kier molecular flexibility index (Phi) is 8.13. The fraction of sp³-hybridized carbons (Fsp3) is 0.171. The third-order valence-electron chi connectivity index (χ3n) is 8.55. The Morgan fingerprint density at radius 1 is 0.523 bits per heavy atom. The largest absolute Gasteiger partial charge is 0.294 e. The molecule has 0 fully saturated rings. The zero-order chi connectivity index (χ0) is 30.8. The molecule has 0 atom stereocenters. The first-order chi connectivity index (χ1) is 21.3. The van der Waals surface area contributed by atoms with Crippen molar-refractivity contribution in [2.24, 2.45) is 0 Å². The summed E-state index contributed by atoms with van der Waals surface area (Å²) in [5.74, 6) is 0.903. The summed E-state index contributed by atoms with van der Waals surface area (Å²) in [7, 11) is 0. The topological polar surface area (TPSA) is 29.0 Å². The molecule has 1 heterocycles. The average molecular weight is 574 g/mol. The Labute approximate surface area is 261 Å². The number of hydrogen-bond donors (Lipinski definition) is 0. The van der Waals surface area contributed by atoms with E-state index in [-0.39, 0.29) is 5.92 Å². The maximum atomic E-state index is 4.69. The maximum Gasteiger partial charge on any atom is 0.156 e. The van der Waals surface area contributed by atoms with Crippen LogP contribution in [0.4, 0.5) is 17.2 Å². The van der Waals surface area contributed by atoms with E-state index in [0.717, 1.165) is 17.2 Å². The van der Waals surface area contributed by atoms with Crippen molar-refractivity contribution in [3.63, 3.8) is 0 Å². The minimum absolute atomic E-state index is 0.125. The van der Waals surface area contributed by atoms with Crippen molar-refractivity contribution < 1.29 is 0 Å². The molecule has 218 valence electrons. The van der Waals surface area contributed by atoms with E-state index >= 15 is 0 Å². The van der Waals surface area contributed by atoms with Gasteiger partial charge in [0.1, 0.15) is 0 Å². The minimum atomic E-state index is 0.125. The monoisotopic (exact) mass is 573 g/mol. The third-order valence-corrected chi connectivity index (χ3v) is 8.55. The Bertz CT molecular complexity index is 1790. The number of aryl methyl sites for hydroxylation is 6. The molecule has 5 aromatic carbocycles. The van der Waals surface area contributed by atoms with Crippen molar-refractivity contribution in [1.29, 1.82) is 0 Å². The lowest BCUT2D eigenvalue weighted by Crippen LogP contribution is -2.13. The maximum absolute atomic E-state index is 4.69. The summed E-state index contributed by atoms with van der Waals surface area (Å²) in [6.45, 7) is 13.4. The van der Waals surface area contributed by atoms with Crippen LogP contribution in [-0.2, 0) is 0 Å². The van der Waals surface area contributed by atoms with Crippen LogP contribution < -0.4 is 4.90 Å². The molecule has 44 heavy (non-hydrogen) atoms. The zero-order valence-electron chi connectivity index (χ0n) is 26.5. The van der Waals surface area contributed by atoms with Gasteiger partial charge in [0, 0.05) is 29.7 Å². The van der Waals surface area contributed by atoms with Gasteiger partial charge in [-0.1, -0.05) is 90.0 Å². The smallest absolute Gasteiger partial charge is 0.156 e. The van der Waals surface area contributed by atoms with E-state index in [1.165, 1.54) is 61.2 Å². The highest BCUT2D eigenvalue weighted by Gasteiger charge is 2.25. The molecule has 6 aromatic rings. The zero-order valence-corrected chi connectivity index (χ0v) is 26.5. The lowest BCUT2D eigenvalue weighted by atomic mass is 9.77. The highest BCUT2D eigenvalue weighted by atomic mass is 15.2. The Morgan fingerprint density at radius 3 is 1.48 bits per heavy atom. The molecule has 3 heteroatoms. The van der Waals surface area contributed by atoms with Crippen LogP contribution in [0.2, 0.25) is 0 Å². The number of benzene rings is 5. The molecule has 0 aliphatic carbocycles. The van der Waals surface area contributed by atoms with Crippen molar-refractivity contribution in [3.05, 3.63) is 172 Å². The average Bonchev–Trinajstić information content (AvgIpc) is 3.01. The van der Waals surface area contributed by atoms with E-state index in [1.54, 1.807) is 12.4 Å². The molecule has 0 radical (unpaired) electrons. The van der Waals surface area contributed by atoms with E-state index in [0.29, 0.717) is 0 Å². The normalized spacial score (nSPS) is 11.2. The standard InChI is InChI=1S/C41H39N3/c1-27-22-29(3)39(30(4)23-27)41(40-31(5)24-28(2)25-32(40)6)35-14-18-37(19-15-35)44(38-26-42-20-21-43-38)36-16-12-34(13-17-36)33-10-8-7-9-11-33/h7-26,41H,1-6H3. The molecule has 6 rings (SSSR count). The Hall–Kier alpha value is -5.02. The molecule has 0 N–H and O–H groups in total. The SMILES string of the molecule is Cc1cc(C)c(C(c2ccc(N(c3ccc(-c4ccccc4)cc3)c3cnccn3)cc2)c2c(C)cc(C)cc2C)c(C)c1. The van der Waals surface area contributed by atoms with Gasteiger partial charge in [0.15, 0.2) is 5.82 Å². The van der Waals surface area contributed by atoms with Crippen molar-refractivity contribution in [2.75, 3.05) is 4.90 Å². The minimum Gasteiger partial charge on any atom is -0.294 e. The number of aromatic nitrogens is 2. The third kappa shape index (κ3) is 5.78. The van der Waals surface area contributed by atoms with E-state index in [2.05, 4.69) is 148 Å². The molecule has 0 saturated heterocycles. The predicted molar refractivity (Wildman–Crippen MR) is 184 cm³/mol. The van der Waals surface area contributed by atoms with Gasteiger partial charge in [-0.15, -0.1) is 0 Å². The van der Waals surface area contributed by atoms with Gasteiger partial charge in [0.25, 0.3) is 0 Å². The quantitative estimate of drug-likeness (QED) is 0.178. The van der Waals surface area contributed by atoms with Crippen molar-refractivity contribution >= 4 is 17.2 Å². The highest BCUT2D eigenvalue weighted by Crippen LogP contribution is 2.41. The molecule has 0 amide bonds. The Balaban J connectivity index is 1.46. The molecule has 0 spiro atoms. The molecule has 3 nitrogen and oxygen atoms in total. The number of hydrogen-bond acceptors (Lipinski definition) is 3. The van der Waals surface area contributed by atoms with Gasteiger partial charge < -0.3 is 0 Å². The first-order valence-corrected chi connectivity index (χ1v) is 15.3. The van der Waals surface area contributed by atoms with Crippen LogP contribution in [-0.4, -0.2) is 9.97 Å². The lowest BCUT2D eigenvalue weighted by molar-refractivity contribution is 0.919. The fourth-order valence-corrected chi connectivity index (χ4v) is 6.84. The number of rotatable bonds is 7. The van der Waals surface area contributed by atoms with Gasteiger partial charge in [0.05, 0.1) is 6.20 Å². The number of nitrogens with zero attached hydrogens (tertiary/aromatic N) is 3. The van der Waals surface area contributed by atoms with E-state index < -0.39 is 0 Å². The van der Waals surface area contributed by atoms with E-state index in [9.17, 15) is 0 Å². The lowest BCUT2D eigenvalue weighted by Gasteiger charge is -2.28. The first kappa shape index (κ1) is 29.1. The summed E-state index contributed by atoms with van der Waals surface area (Å²) in [5.41, 5.74) is 16.4. The summed E-state index contributed by atoms with van der Waals surface area (Å²) in [6.07, 6.45) is 5.28. The molecular formula is C41H39N3. The molecule has 0 aliphatic heterocycles. The van der Waals surface area contributed by atoms with Crippen LogP contribution in [0, 0.1) is 41.5 Å². The fourth-order valence-electron chi connectivity index (χ4n) is 6.84. The molecular weight excluding hydrogens is 534 g/mol. The van der Waals surface area contributed by atoms with Crippen LogP contribution in [0.5, 0.6) is 0 Å². The van der Waals surface area contributed by atoms with Crippen molar-refractivity contribution in [1.82, 2.24) is 9.97 Å². The van der Waals surface area contributed by atoms with Gasteiger partial charge in [-0.25, -0.2) is 4.98 Å². The van der Waals surface area contributed by atoms with Crippen molar-refractivity contribution in [2.45, 2.75) is 47.5 Å². The van der Waals surface area contributed by atoms with Gasteiger partial charge in [-0.3, -0.25) is 9.88 Å². The van der Waals surface area contributed by atoms with Gasteiger partial charge in [0.2, 0.25) is 0 Å². The van der Waals surface area contributed by atoms with Crippen LogP contribution in [0.25, 0.3) is 11.1 Å². The van der Waals surface area contributed by atoms with Crippen LogP contribution in [0.3, 0.4) is 0 Å². The second-order valence-corrected chi connectivity index (χ2v) is 12.0.